The average Bonchev–Trinajstić information content (AvgIpc) is 3.45. The maximum Gasteiger partial charge on any atom is 0.264 e. The number of sulfonamides is 1. The lowest BCUT2D eigenvalue weighted by Crippen LogP contribution is -2.14. The summed E-state index contributed by atoms with van der Waals surface area (Å²) < 4.78 is 56.1. The molecule has 5 aromatic rings. The first-order valence-corrected chi connectivity index (χ1v) is 11.6. The number of nitrogens with one attached hydrogen (secondary N) is 1. The smallest absolute Gasteiger partial charge is 0.264 e. The van der Waals surface area contributed by atoms with Gasteiger partial charge in [0, 0.05) is 11.3 Å². The monoisotopic (exact) mass is 469 g/mol. The Hall–Kier alpha value is -3.70. The van der Waals surface area contributed by atoms with Crippen LogP contribution in [-0.2, 0) is 10.0 Å². The number of benzene rings is 2. The van der Waals surface area contributed by atoms with E-state index in [1.54, 1.807) is 28.8 Å². The van der Waals surface area contributed by atoms with Gasteiger partial charge in [-0.05, 0) is 53.9 Å². The first kappa shape index (κ1) is 20.2. The molecule has 0 radical (unpaired) electrons. The second-order valence-corrected chi connectivity index (χ2v) is 9.35. The van der Waals surface area contributed by atoms with Crippen molar-refractivity contribution in [3.05, 3.63) is 83.7 Å². The topological polar surface area (TPSA) is 89.2 Å². The van der Waals surface area contributed by atoms with Crippen LogP contribution in [0.2, 0.25) is 0 Å². The number of hydrogen-bond donors (Lipinski definition) is 1. The van der Waals surface area contributed by atoms with E-state index in [0.29, 0.717) is 23.2 Å². The van der Waals surface area contributed by atoms with Crippen LogP contribution in [0.5, 0.6) is 0 Å². The van der Waals surface area contributed by atoms with Gasteiger partial charge in [-0.25, -0.2) is 17.2 Å². The van der Waals surface area contributed by atoms with Gasteiger partial charge in [0.2, 0.25) is 0 Å². The summed E-state index contributed by atoms with van der Waals surface area (Å²) in [5, 5.41) is 14.9. The average molecular weight is 469 g/mol. The highest BCUT2D eigenvalue weighted by Gasteiger charge is 2.20. The molecular formula is C21H13F2N5O2S2. The molecule has 0 amide bonds. The number of halogens is 2. The summed E-state index contributed by atoms with van der Waals surface area (Å²) in [7, 11) is -4.30. The van der Waals surface area contributed by atoms with Crippen LogP contribution < -0.4 is 4.72 Å². The van der Waals surface area contributed by atoms with Gasteiger partial charge in [-0.15, -0.1) is 21.5 Å². The third-order valence-electron chi connectivity index (χ3n) is 4.62. The van der Waals surface area contributed by atoms with Gasteiger partial charge in [0.25, 0.3) is 10.0 Å². The summed E-state index contributed by atoms with van der Waals surface area (Å²) in [5.74, 6) is -1.26. The van der Waals surface area contributed by atoms with E-state index in [1.165, 1.54) is 23.5 Å². The van der Waals surface area contributed by atoms with Crippen LogP contribution in [0, 0.1) is 11.6 Å². The number of fused-ring (bicyclic) bond motifs is 1. The number of hydrogen-bond acceptors (Lipinski definition) is 6. The van der Waals surface area contributed by atoms with E-state index in [0.717, 1.165) is 22.6 Å². The molecule has 0 saturated heterocycles. The summed E-state index contributed by atoms with van der Waals surface area (Å²) in [6, 6.07) is 16.0. The van der Waals surface area contributed by atoms with Crippen molar-refractivity contribution in [1.82, 2.24) is 19.8 Å². The molecule has 160 valence electrons. The molecule has 0 bridgehead atoms. The quantitative estimate of drug-likeness (QED) is 0.406. The fourth-order valence-corrected chi connectivity index (χ4v) is 4.95. The van der Waals surface area contributed by atoms with E-state index in [2.05, 4.69) is 20.0 Å². The summed E-state index contributed by atoms with van der Waals surface area (Å²) >= 11 is 1.53. The largest absolute Gasteiger partial charge is 0.280 e. The number of rotatable bonds is 5. The molecule has 0 spiro atoms. The molecule has 3 heterocycles. The van der Waals surface area contributed by atoms with Crippen LogP contribution in [0.3, 0.4) is 0 Å². The zero-order valence-corrected chi connectivity index (χ0v) is 17.7. The van der Waals surface area contributed by atoms with E-state index in [4.69, 9.17) is 0 Å². The molecule has 0 aliphatic carbocycles. The minimum absolute atomic E-state index is 0.196. The Labute approximate surface area is 185 Å². The van der Waals surface area contributed by atoms with Crippen LogP contribution in [0.4, 0.5) is 14.5 Å². The SMILES string of the molecule is O=S(=O)(Nc1ccc(-c2ccc3nnc(-c4cccs4)n3n2)cc1)c1cc(F)ccc1F. The summed E-state index contributed by atoms with van der Waals surface area (Å²) in [5.41, 5.74) is 2.14. The zero-order chi connectivity index (χ0) is 22.3. The lowest BCUT2D eigenvalue weighted by atomic mass is 10.1. The zero-order valence-electron chi connectivity index (χ0n) is 16.1. The van der Waals surface area contributed by atoms with Crippen LogP contribution in [-0.4, -0.2) is 28.2 Å². The van der Waals surface area contributed by atoms with Crippen molar-refractivity contribution in [3.8, 4) is 22.0 Å². The van der Waals surface area contributed by atoms with Gasteiger partial charge in [-0.3, -0.25) is 4.72 Å². The Kier molecular flexibility index (Phi) is 4.91. The molecule has 11 heteroatoms. The van der Waals surface area contributed by atoms with Crippen LogP contribution >= 0.6 is 11.3 Å². The highest BCUT2D eigenvalue weighted by Crippen LogP contribution is 2.26. The lowest BCUT2D eigenvalue weighted by Gasteiger charge is -2.10. The molecular weight excluding hydrogens is 456 g/mol. The lowest BCUT2D eigenvalue weighted by molar-refractivity contribution is 0.555. The fraction of sp³-hybridized carbons (Fsp3) is 0. The molecule has 1 N–H and O–H groups in total. The predicted octanol–water partition coefficient (Wildman–Crippen LogP) is 4.60. The standard InChI is InChI=1S/C21H13F2N5O2S2/c22-14-5-8-16(23)19(12-14)32(29,30)27-15-6-3-13(4-7-15)17-9-10-20-24-25-21(28(20)26-17)18-2-1-11-31-18/h1-12,27H. The van der Waals surface area contributed by atoms with E-state index in [1.807, 2.05) is 17.5 Å². The number of aromatic nitrogens is 4. The molecule has 0 aliphatic rings. The van der Waals surface area contributed by atoms with Crippen molar-refractivity contribution in [2.45, 2.75) is 4.90 Å². The molecule has 0 saturated carbocycles. The summed E-state index contributed by atoms with van der Waals surface area (Å²) in [6.07, 6.45) is 0. The van der Waals surface area contributed by atoms with Crippen molar-refractivity contribution >= 4 is 32.7 Å². The van der Waals surface area contributed by atoms with Crippen molar-refractivity contribution in [2.75, 3.05) is 4.72 Å². The van der Waals surface area contributed by atoms with Gasteiger partial charge in [-0.1, -0.05) is 18.2 Å². The van der Waals surface area contributed by atoms with Crippen LogP contribution in [0.25, 0.3) is 27.6 Å². The van der Waals surface area contributed by atoms with Crippen molar-refractivity contribution in [1.29, 1.82) is 0 Å². The van der Waals surface area contributed by atoms with Gasteiger partial charge < -0.3 is 0 Å². The normalized spacial score (nSPS) is 11.7. The highest BCUT2D eigenvalue weighted by molar-refractivity contribution is 7.92. The Morgan fingerprint density at radius 2 is 1.75 bits per heavy atom. The summed E-state index contributed by atoms with van der Waals surface area (Å²) in [6.45, 7) is 0. The van der Waals surface area contributed by atoms with Crippen LogP contribution in [0.15, 0.2) is 77.0 Å². The van der Waals surface area contributed by atoms with Gasteiger partial charge in [0.1, 0.15) is 16.5 Å². The van der Waals surface area contributed by atoms with E-state index in [-0.39, 0.29) is 5.69 Å². The van der Waals surface area contributed by atoms with Crippen LogP contribution in [0.1, 0.15) is 0 Å². The predicted molar refractivity (Wildman–Crippen MR) is 117 cm³/mol. The summed E-state index contributed by atoms with van der Waals surface area (Å²) in [4.78, 5) is 0.166. The number of anilines is 1. The first-order chi connectivity index (χ1) is 15.4. The Bertz CT molecular complexity index is 1530. The van der Waals surface area contributed by atoms with Gasteiger partial charge in [0.05, 0.1) is 10.6 Å². The third-order valence-corrected chi connectivity index (χ3v) is 6.88. The number of nitrogens with zero attached hydrogens (tertiary/aromatic N) is 4. The molecule has 7 nitrogen and oxygen atoms in total. The second kappa shape index (κ2) is 7.77. The molecule has 32 heavy (non-hydrogen) atoms. The fourth-order valence-electron chi connectivity index (χ4n) is 3.10. The maximum absolute atomic E-state index is 13.9. The minimum Gasteiger partial charge on any atom is -0.280 e. The highest BCUT2D eigenvalue weighted by atomic mass is 32.2. The van der Waals surface area contributed by atoms with Gasteiger partial charge in [0.15, 0.2) is 11.5 Å². The number of thiophene rings is 1. The molecule has 0 fully saturated rings. The third kappa shape index (κ3) is 3.72. The van der Waals surface area contributed by atoms with Crippen molar-refractivity contribution in [2.24, 2.45) is 0 Å². The molecule has 0 atom stereocenters. The second-order valence-electron chi connectivity index (χ2n) is 6.75. The first-order valence-electron chi connectivity index (χ1n) is 9.25. The van der Waals surface area contributed by atoms with E-state index < -0.39 is 26.6 Å². The van der Waals surface area contributed by atoms with Gasteiger partial charge >= 0.3 is 0 Å². The van der Waals surface area contributed by atoms with Gasteiger partial charge in [-0.2, -0.15) is 9.61 Å². The maximum atomic E-state index is 13.9. The molecule has 3 aromatic heterocycles. The molecule has 5 rings (SSSR count). The Balaban J connectivity index is 1.44. The van der Waals surface area contributed by atoms with Crippen molar-refractivity contribution < 1.29 is 17.2 Å². The Morgan fingerprint density at radius 3 is 2.50 bits per heavy atom. The van der Waals surface area contributed by atoms with Crippen molar-refractivity contribution in [3.63, 3.8) is 0 Å². The van der Waals surface area contributed by atoms with E-state index in [9.17, 15) is 17.2 Å². The molecule has 0 aliphatic heterocycles. The van der Waals surface area contributed by atoms with E-state index >= 15 is 0 Å². The molecule has 2 aromatic carbocycles. The molecule has 0 unspecified atom stereocenters. The minimum atomic E-state index is -4.30. The Morgan fingerprint density at radius 1 is 0.938 bits per heavy atom.